The third-order valence-electron chi connectivity index (χ3n) is 2.18. The van der Waals surface area contributed by atoms with Crippen molar-refractivity contribution in [1.82, 2.24) is 5.32 Å². The molecule has 15 heavy (non-hydrogen) atoms. The SMILES string of the molecule is CNCC(O)C(O)c1cc(C)cc(F)c1. The first-order valence-corrected chi connectivity index (χ1v) is 4.82. The predicted octanol–water partition coefficient (Wildman–Crippen LogP) is 0.748. The zero-order chi connectivity index (χ0) is 11.4. The van der Waals surface area contributed by atoms with Crippen LogP contribution in [0, 0.1) is 12.7 Å². The number of nitrogens with one attached hydrogen (secondary N) is 1. The third-order valence-corrected chi connectivity index (χ3v) is 2.18. The molecule has 4 heteroatoms. The minimum atomic E-state index is -1.06. The van der Waals surface area contributed by atoms with E-state index in [0.717, 1.165) is 5.56 Å². The van der Waals surface area contributed by atoms with E-state index in [2.05, 4.69) is 5.32 Å². The summed E-state index contributed by atoms with van der Waals surface area (Å²) in [5.74, 6) is -0.402. The Morgan fingerprint density at radius 1 is 1.33 bits per heavy atom. The predicted molar refractivity (Wildman–Crippen MR) is 56.0 cm³/mol. The van der Waals surface area contributed by atoms with Crippen molar-refractivity contribution >= 4 is 0 Å². The van der Waals surface area contributed by atoms with Crippen molar-refractivity contribution in [3.05, 3.63) is 35.1 Å². The van der Waals surface area contributed by atoms with E-state index >= 15 is 0 Å². The summed E-state index contributed by atoms with van der Waals surface area (Å²) in [5.41, 5.74) is 1.12. The molecule has 0 heterocycles. The second-order valence-corrected chi connectivity index (χ2v) is 3.63. The van der Waals surface area contributed by atoms with Crippen molar-refractivity contribution in [3.63, 3.8) is 0 Å². The molecule has 0 saturated carbocycles. The van der Waals surface area contributed by atoms with Crippen LogP contribution in [0.2, 0.25) is 0 Å². The first kappa shape index (κ1) is 12.1. The summed E-state index contributed by atoms with van der Waals surface area (Å²) >= 11 is 0. The lowest BCUT2D eigenvalue weighted by Crippen LogP contribution is -2.29. The number of aliphatic hydroxyl groups excluding tert-OH is 2. The Morgan fingerprint density at radius 3 is 2.53 bits per heavy atom. The number of hydrogen-bond donors (Lipinski definition) is 3. The van der Waals surface area contributed by atoms with Gasteiger partial charge >= 0.3 is 0 Å². The Morgan fingerprint density at radius 2 is 2.00 bits per heavy atom. The van der Waals surface area contributed by atoms with Crippen LogP contribution in [0.3, 0.4) is 0 Å². The molecule has 1 aromatic carbocycles. The van der Waals surface area contributed by atoms with Crippen molar-refractivity contribution in [2.75, 3.05) is 13.6 Å². The molecule has 0 bridgehead atoms. The minimum Gasteiger partial charge on any atom is -0.389 e. The Hall–Kier alpha value is -0.970. The van der Waals surface area contributed by atoms with Gasteiger partial charge in [-0.2, -0.15) is 0 Å². The summed E-state index contributed by atoms with van der Waals surface area (Å²) < 4.78 is 13.0. The quantitative estimate of drug-likeness (QED) is 0.691. The number of halogens is 1. The molecular weight excluding hydrogens is 197 g/mol. The molecule has 0 saturated heterocycles. The van der Waals surface area contributed by atoms with E-state index in [1.54, 1.807) is 20.0 Å². The molecule has 2 unspecified atom stereocenters. The van der Waals surface area contributed by atoms with Crippen LogP contribution in [0.1, 0.15) is 17.2 Å². The molecule has 2 atom stereocenters. The van der Waals surface area contributed by atoms with Crippen molar-refractivity contribution in [1.29, 1.82) is 0 Å². The highest BCUT2D eigenvalue weighted by Gasteiger charge is 2.18. The van der Waals surface area contributed by atoms with Gasteiger partial charge in [0, 0.05) is 6.54 Å². The Kier molecular flexibility index (Phi) is 4.20. The van der Waals surface area contributed by atoms with Gasteiger partial charge in [0.1, 0.15) is 11.9 Å². The Labute approximate surface area is 88.6 Å². The van der Waals surface area contributed by atoms with E-state index in [4.69, 9.17) is 0 Å². The molecule has 0 amide bonds. The van der Waals surface area contributed by atoms with Gasteiger partial charge in [0.2, 0.25) is 0 Å². The second-order valence-electron chi connectivity index (χ2n) is 3.63. The lowest BCUT2D eigenvalue weighted by Gasteiger charge is -2.18. The lowest BCUT2D eigenvalue weighted by molar-refractivity contribution is 0.0200. The second kappa shape index (κ2) is 5.21. The average Bonchev–Trinajstić information content (AvgIpc) is 2.15. The summed E-state index contributed by atoms with van der Waals surface area (Å²) in [5, 5.41) is 22.0. The van der Waals surface area contributed by atoms with Crippen LogP contribution in [0.15, 0.2) is 18.2 Å². The first-order valence-electron chi connectivity index (χ1n) is 4.82. The normalized spacial score (nSPS) is 15.0. The van der Waals surface area contributed by atoms with Crippen LogP contribution in [0.5, 0.6) is 0 Å². The van der Waals surface area contributed by atoms with Crippen molar-refractivity contribution in [2.45, 2.75) is 19.1 Å². The minimum absolute atomic E-state index is 0.261. The summed E-state index contributed by atoms with van der Waals surface area (Å²) in [6, 6.07) is 4.27. The van der Waals surface area contributed by atoms with E-state index in [9.17, 15) is 14.6 Å². The third kappa shape index (κ3) is 3.27. The molecule has 0 aliphatic carbocycles. The first-order chi connectivity index (χ1) is 7.04. The number of hydrogen-bond acceptors (Lipinski definition) is 3. The van der Waals surface area contributed by atoms with Crippen LogP contribution in [0.25, 0.3) is 0 Å². The molecule has 84 valence electrons. The van der Waals surface area contributed by atoms with Gasteiger partial charge in [-0.25, -0.2) is 4.39 Å². The summed E-state index contributed by atoms with van der Waals surface area (Å²) in [6.45, 7) is 2.00. The van der Waals surface area contributed by atoms with Gasteiger partial charge < -0.3 is 15.5 Å². The fraction of sp³-hybridized carbons (Fsp3) is 0.455. The highest BCUT2D eigenvalue weighted by molar-refractivity contribution is 5.26. The number of aliphatic hydroxyl groups is 2. The van der Waals surface area contributed by atoms with Crippen molar-refractivity contribution in [3.8, 4) is 0 Å². The monoisotopic (exact) mass is 213 g/mol. The number of benzene rings is 1. The molecule has 1 rings (SSSR count). The van der Waals surface area contributed by atoms with Crippen LogP contribution < -0.4 is 5.32 Å². The molecule has 0 aromatic heterocycles. The number of aryl methyl sites for hydroxylation is 1. The maximum atomic E-state index is 13.0. The fourth-order valence-corrected chi connectivity index (χ4v) is 1.48. The van der Waals surface area contributed by atoms with E-state index in [0.29, 0.717) is 5.56 Å². The van der Waals surface area contributed by atoms with Gasteiger partial charge in [0.15, 0.2) is 0 Å². The van der Waals surface area contributed by atoms with E-state index < -0.39 is 18.0 Å². The van der Waals surface area contributed by atoms with Crippen LogP contribution in [-0.4, -0.2) is 29.9 Å². The molecule has 1 aromatic rings. The average molecular weight is 213 g/mol. The molecule has 3 N–H and O–H groups in total. The van der Waals surface area contributed by atoms with Gasteiger partial charge in [-0.15, -0.1) is 0 Å². The topological polar surface area (TPSA) is 52.5 Å². The molecule has 0 aliphatic rings. The summed E-state index contributed by atoms with van der Waals surface area (Å²) in [6.07, 6.45) is -2.00. The Balaban J connectivity index is 2.85. The van der Waals surface area contributed by atoms with E-state index in [1.807, 2.05) is 0 Å². The standard InChI is InChI=1S/C11H16FNO2/c1-7-3-8(5-9(12)4-7)11(15)10(14)6-13-2/h3-5,10-11,13-15H,6H2,1-2H3. The molecule has 0 radical (unpaired) electrons. The fourth-order valence-electron chi connectivity index (χ4n) is 1.48. The van der Waals surface area contributed by atoms with Crippen molar-refractivity contribution < 1.29 is 14.6 Å². The van der Waals surface area contributed by atoms with Crippen LogP contribution in [0.4, 0.5) is 4.39 Å². The van der Waals surface area contributed by atoms with E-state index in [1.165, 1.54) is 12.1 Å². The van der Waals surface area contributed by atoms with Crippen molar-refractivity contribution in [2.24, 2.45) is 0 Å². The highest BCUT2D eigenvalue weighted by Crippen LogP contribution is 2.19. The zero-order valence-electron chi connectivity index (χ0n) is 8.87. The van der Waals surface area contributed by atoms with Gasteiger partial charge in [-0.1, -0.05) is 6.07 Å². The highest BCUT2D eigenvalue weighted by atomic mass is 19.1. The van der Waals surface area contributed by atoms with Crippen LogP contribution in [-0.2, 0) is 0 Å². The Bertz CT molecular complexity index is 310. The molecule has 3 nitrogen and oxygen atoms in total. The smallest absolute Gasteiger partial charge is 0.123 e. The molecule has 0 spiro atoms. The molecule has 0 aliphatic heterocycles. The largest absolute Gasteiger partial charge is 0.389 e. The molecular formula is C11H16FNO2. The van der Waals surface area contributed by atoms with Gasteiger partial charge in [0.25, 0.3) is 0 Å². The zero-order valence-corrected chi connectivity index (χ0v) is 8.87. The van der Waals surface area contributed by atoms with Crippen LogP contribution >= 0.6 is 0 Å². The maximum Gasteiger partial charge on any atom is 0.123 e. The number of rotatable bonds is 4. The van der Waals surface area contributed by atoms with Gasteiger partial charge in [0.05, 0.1) is 6.10 Å². The van der Waals surface area contributed by atoms with E-state index in [-0.39, 0.29) is 6.54 Å². The van der Waals surface area contributed by atoms with Gasteiger partial charge in [-0.05, 0) is 37.2 Å². The number of likely N-dealkylation sites (N-methyl/N-ethyl adjacent to an activating group) is 1. The maximum absolute atomic E-state index is 13.0. The molecule has 0 fully saturated rings. The summed E-state index contributed by atoms with van der Waals surface area (Å²) in [7, 11) is 1.67. The summed E-state index contributed by atoms with van der Waals surface area (Å²) in [4.78, 5) is 0. The lowest BCUT2D eigenvalue weighted by atomic mass is 10.0. The van der Waals surface area contributed by atoms with Gasteiger partial charge in [-0.3, -0.25) is 0 Å².